The highest BCUT2D eigenvalue weighted by atomic mass is 32.1. The van der Waals surface area contributed by atoms with E-state index >= 15 is 0 Å². The highest BCUT2D eigenvalue weighted by Crippen LogP contribution is 2.18. The van der Waals surface area contributed by atoms with Gasteiger partial charge in [0.1, 0.15) is 17.4 Å². The summed E-state index contributed by atoms with van der Waals surface area (Å²) in [5.41, 5.74) is 1.52. The van der Waals surface area contributed by atoms with Gasteiger partial charge in [-0.1, -0.05) is 12.1 Å². The van der Waals surface area contributed by atoms with Crippen LogP contribution in [0.25, 0.3) is 0 Å². The van der Waals surface area contributed by atoms with E-state index in [2.05, 4.69) is 10.3 Å². The van der Waals surface area contributed by atoms with Crippen molar-refractivity contribution in [3.05, 3.63) is 45.9 Å². The van der Waals surface area contributed by atoms with Crippen molar-refractivity contribution in [2.24, 2.45) is 0 Å². The molecule has 1 aromatic carbocycles. The van der Waals surface area contributed by atoms with Crippen LogP contribution in [0.2, 0.25) is 0 Å². The molecular formula is C16H21N3O2S. The number of nitrogens with zero attached hydrogens (tertiary/aromatic N) is 2. The Labute approximate surface area is 134 Å². The minimum Gasteiger partial charge on any atom is -0.491 e. The van der Waals surface area contributed by atoms with Crippen LogP contribution in [0.1, 0.15) is 21.1 Å². The van der Waals surface area contributed by atoms with E-state index in [1.165, 1.54) is 0 Å². The molecule has 0 aliphatic rings. The molecule has 0 bridgehead atoms. The third-order valence-electron chi connectivity index (χ3n) is 2.99. The van der Waals surface area contributed by atoms with Gasteiger partial charge in [-0.2, -0.15) is 0 Å². The largest absolute Gasteiger partial charge is 0.491 e. The Hall–Kier alpha value is -1.92. The zero-order valence-electron chi connectivity index (χ0n) is 13.1. The molecule has 22 heavy (non-hydrogen) atoms. The smallest absolute Gasteiger partial charge is 0.255 e. The molecule has 0 aliphatic carbocycles. The van der Waals surface area contributed by atoms with Gasteiger partial charge in [0.25, 0.3) is 5.91 Å². The fourth-order valence-electron chi connectivity index (χ4n) is 1.85. The zero-order valence-corrected chi connectivity index (χ0v) is 13.9. The van der Waals surface area contributed by atoms with Gasteiger partial charge in [0, 0.05) is 17.6 Å². The molecule has 5 nitrogen and oxygen atoms in total. The minimum atomic E-state index is -0.145. The maximum atomic E-state index is 12.3. The van der Waals surface area contributed by atoms with Crippen LogP contribution in [-0.4, -0.2) is 43.0 Å². The number of benzene rings is 1. The Morgan fingerprint density at radius 1 is 1.36 bits per heavy atom. The maximum absolute atomic E-state index is 12.3. The Bertz CT molecular complexity index is 625. The topological polar surface area (TPSA) is 54.5 Å². The van der Waals surface area contributed by atoms with Crippen molar-refractivity contribution < 1.29 is 9.53 Å². The van der Waals surface area contributed by atoms with Crippen molar-refractivity contribution in [3.63, 3.8) is 0 Å². The molecule has 118 valence electrons. The first kappa shape index (κ1) is 16.5. The predicted octanol–water partition coefficient (Wildman–Crippen LogP) is 2.32. The van der Waals surface area contributed by atoms with Crippen molar-refractivity contribution in [1.29, 1.82) is 0 Å². The first-order valence-electron chi connectivity index (χ1n) is 7.12. The average molecular weight is 319 g/mol. The number of amides is 1. The lowest BCUT2D eigenvalue weighted by atomic mass is 10.2. The standard InChI is InChI=1S/C16H21N3O2S/c1-12-11-22-15(18-12)10-17-16(20)13-6-4-5-7-14(13)21-9-8-19(2)3/h4-7,11H,8-10H2,1-3H3,(H,17,20). The molecule has 6 heteroatoms. The number of nitrogens with one attached hydrogen (secondary N) is 1. The summed E-state index contributed by atoms with van der Waals surface area (Å²) in [6, 6.07) is 7.29. The number of rotatable bonds is 7. The number of hydrogen-bond acceptors (Lipinski definition) is 5. The van der Waals surface area contributed by atoms with Gasteiger partial charge >= 0.3 is 0 Å². The van der Waals surface area contributed by atoms with Crippen LogP contribution in [0.3, 0.4) is 0 Å². The van der Waals surface area contributed by atoms with E-state index in [4.69, 9.17) is 4.74 Å². The second-order valence-corrected chi connectivity index (χ2v) is 6.16. The van der Waals surface area contributed by atoms with Gasteiger partial charge in [-0.15, -0.1) is 11.3 Å². The maximum Gasteiger partial charge on any atom is 0.255 e. The number of hydrogen-bond donors (Lipinski definition) is 1. The van der Waals surface area contributed by atoms with E-state index in [-0.39, 0.29) is 5.91 Å². The first-order valence-corrected chi connectivity index (χ1v) is 8.00. The van der Waals surface area contributed by atoms with Crippen LogP contribution in [0.4, 0.5) is 0 Å². The summed E-state index contributed by atoms with van der Waals surface area (Å²) < 4.78 is 5.71. The van der Waals surface area contributed by atoms with Crippen LogP contribution >= 0.6 is 11.3 Å². The van der Waals surface area contributed by atoms with Crippen molar-refractivity contribution in [3.8, 4) is 5.75 Å². The number of aryl methyl sites for hydroxylation is 1. The van der Waals surface area contributed by atoms with Gasteiger partial charge in [-0.3, -0.25) is 4.79 Å². The highest BCUT2D eigenvalue weighted by Gasteiger charge is 2.12. The fourth-order valence-corrected chi connectivity index (χ4v) is 2.56. The van der Waals surface area contributed by atoms with Gasteiger partial charge in [-0.25, -0.2) is 4.98 Å². The molecule has 1 N–H and O–H groups in total. The molecule has 0 atom stereocenters. The lowest BCUT2D eigenvalue weighted by Crippen LogP contribution is -2.24. The Morgan fingerprint density at radius 2 is 2.14 bits per heavy atom. The van der Waals surface area contributed by atoms with E-state index in [1.54, 1.807) is 17.4 Å². The molecule has 0 radical (unpaired) electrons. The SMILES string of the molecule is Cc1csc(CNC(=O)c2ccccc2OCCN(C)C)n1. The number of aromatic nitrogens is 1. The summed E-state index contributed by atoms with van der Waals surface area (Å²) >= 11 is 1.55. The fraction of sp³-hybridized carbons (Fsp3) is 0.375. The molecule has 1 amide bonds. The van der Waals surface area contributed by atoms with Crippen LogP contribution in [0.15, 0.2) is 29.6 Å². The van der Waals surface area contributed by atoms with Gasteiger partial charge in [0.15, 0.2) is 0 Å². The quantitative estimate of drug-likeness (QED) is 0.851. The summed E-state index contributed by atoms with van der Waals surface area (Å²) in [7, 11) is 3.97. The molecule has 2 rings (SSSR count). The lowest BCUT2D eigenvalue weighted by Gasteiger charge is -2.13. The predicted molar refractivity (Wildman–Crippen MR) is 88.5 cm³/mol. The summed E-state index contributed by atoms with van der Waals surface area (Å²) in [6.07, 6.45) is 0. The third-order valence-corrected chi connectivity index (χ3v) is 3.96. The number of carbonyl (C=O) groups excluding carboxylic acids is 1. The summed E-state index contributed by atoms with van der Waals surface area (Å²) in [4.78, 5) is 18.7. The van der Waals surface area contributed by atoms with Gasteiger partial charge in [0.2, 0.25) is 0 Å². The second kappa shape index (κ2) is 7.91. The van der Waals surface area contributed by atoms with Crippen LogP contribution in [-0.2, 0) is 6.54 Å². The Balaban J connectivity index is 1.96. The molecule has 0 spiro atoms. The monoisotopic (exact) mass is 319 g/mol. The molecule has 0 saturated heterocycles. The van der Waals surface area contributed by atoms with Crippen molar-refractivity contribution >= 4 is 17.2 Å². The van der Waals surface area contributed by atoms with E-state index < -0.39 is 0 Å². The summed E-state index contributed by atoms with van der Waals surface area (Å²) in [5, 5.41) is 5.76. The molecule has 1 aromatic heterocycles. The average Bonchev–Trinajstić information content (AvgIpc) is 2.90. The van der Waals surface area contributed by atoms with Gasteiger partial charge in [-0.05, 0) is 33.2 Å². The van der Waals surface area contributed by atoms with Crippen LogP contribution < -0.4 is 10.1 Å². The zero-order chi connectivity index (χ0) is 15.9. The van der Waals surface area contributed by atoms with E-state index in [1.807, 2.05) is 49.5 Å². The van der Waals surface area contributed by atoms with E-state index in [9.17, 15) is 4.79 Å². The second-order valence-electron chi connectivity index (χ2n) is 5.21. The molecule has 0 saturated carbocycles. The van der Waals surface area contributed by atoms with Crippen molar-refractivity contribution in [2.45, 2.75) is 13.5 Å². The van der Waals surface area contributed by atoms with E-state index in [0.717, 1.165) is 17.2 Å². The molecule has 0 aliphatic heterocycles. The normalized spacial score (nSPS) is 10.7. The molecule has 0 unspecified atom stereocenters. The van der Waals surface area contributed by atoms with Crippen molar-refractivity contribution in [1.82, 2.24) is 15.2 Å². The summed E-state index contributed by atoms with van der Waals surface area (Å²) in [6.45, 7) is 3.72. The summed E-state index contributed by atoms with van der Waals surface area (Å²) in [5.74, 6) is 0.463. The molecule has 0 fully saturated rings. The number of carbonyl (C=O) groups is 1. The number of likely N-dealkylation sites (N-methyl/N-ethyl adjacent to an activating group) is 1. The van der Waals surface area contributed by atoms with Crippen LogP contribution in [0, 0.1) is 6.92 Å². The first-order chi connectivity index (χ1) is 10.6. The van der Waals surface area contributed by atoms with E-state index in [0.29, 0.717) is 24.5 Å². The molecule has 2 aromatic rings. The Morgan fingerprint density at radius 3 is 2.82 bits per heavy atom. The van der Waals surface area contributed by atoms with Gasteiger partial charge in [0.05, 0.1) is 12.1 Å². The minimum absolute atomic E-state index is 0.145. The highest BCUT2D eigenvalue weighted by molar-refractivity contribution is 7.09. The van der Waals surface area contributed by atoms with Gasteiger partial charge < -0.3 is 15.0 Å². The Kier molecular flexibility index (Phi) is 5.91. The van der Waals surface area contributed by atoms with Crippen molar-refractivity contribution in [2.75, 3.05) is 27.2 Å². The van der Waals surface area contributed by atoms with Crippen LogP contribution in [0.5, 0.6) is 5.75 Å². The molecule has 1 heterocycles. The number of para-hydroxylation sites is 1. The number of thiazole rings is 1. The lowest BCUT2D eigenvalue weighted by molar-refractivity contribution is 0.0946. The third kappa shape index (κ3) is 4.82. The number of ether oxygens (including phenoxy) is 1. The molecular weight excluding hydrogens is 298 g/mol.